The number of benzene rings is 2. The predicted molar refractivity (Wildman–Crippen MR) is 129 cm³/mol. The molecular weight excluding hydrogens is 452 g/mol. The van der Waals surface area contributed by atoms with E-state index in [0.29, 0.717) is 30.9 Å². The second-order valence-corrected chi connectivity index (χ2v) is 10.6. The van der Waals surface area contributed by atoms with Gasteiger partial charge in [0.15, 0.2) is 5.84 Å². The van der Waals surface area contributed by atoms with Crippen molar-refractivity contribution in [3.8, 4) is 5.75 Å². The maximum absolute atomic E-state index is 13.3. The molecule has 0 bridgehead atoms. The van der Waals surface area contributed by atoms with Gasteiger partial charge < -0.3 is 15.0 Å². The molecule has 0 radical (unpaired) electrons. The first kappa shape index (κ1) is 22.9. The average molecular weight is 483 g/mol. The van der Waals surface area contributed by atoms with Gasteiger partial charge in [-0.1, -0.05) is 24.3 Å². The Kier molecular flexibility index (Phi) is 6.31. The van der Waals surface area contributed by atoms with Gasteiger partial charge >= 0.3 is 0 Å². The average Bonchev–Trinajstić information content (AvgIpc) is 3.60. The van der Waals surface area contributed by atoms with Crippen molar-refractivity contribution < 1.29 is 17.9 Å². The number of likely N-dealkylation sites (tertiary alicyclic amines) is 2. The Bertz CT molecular complexity index is 1190. The van der Waals surface area contributed by atoms with Gasteiger partial charge in [-0.3, -0.25) is 9.69 Å². The van der Waals surface area contributed by atoms with E-state index < -0.39 is 16.1 Å². The molecule has 1 N–H and O–H groups in total. The quantitative estimate of drug-likeness (QED) is 0.681. The summed E-state index contributed by atoms with van der Waals surface area (Å²) in [4.78, 5) is 17.8. The Morgan fingerprint density at radius 3 is 2.56 bits per heavy atom. The molecule has 9 heteroatoms. The minimum Gasteiger partial charge on any atom is -0.497 e. The smallest absolute Gasteiger partial charge is 0.285 e. The van der Waals surface area contributed by atoms with Gasteiger partial charge in [-0.15, -0.1) is 4.40 Å². The fraction of sp³-hybridized carbons (Fsp3) is 0.440. The molecular formula is C25H30N4O4S. The zero-order chi connectivity index (χ0) is 23.7. The van der Waals surface area contributed by atoms with E-state index >= 15 is 0 Å². The Labute approximate surface area is 200 Å². The highest BCUT2D eigenvalue weighted by Gasteiger charge is 2.39. The number of nitrogens with one attached hydrogen (secondary N) is 1. The topological polar surface area (TPSA) is 91.3 Å². The highest BCUT2D eigenvalue weighted by Crippen LogP contribution is 2.31. The monoisotopic (exact) mass is 482 g/mol. The van der Waals surface area contributed by atoms with Crippen LogP contribution in [0.2, 0.25) is 0 Å². The van der Waals surface area contributed by atoms with Crippen LogP contribution in [0, 0.1) is 0 Å². The standard InChI is InChI=1S/C25H30N4O4S/c1-33-19-12-10-18(11-13-19)22(28-14-4-5-15-28)17-26-25(30)21-8-6-16-29(21)24-20-7-2-3-9-23(20)34(31,32)27-24/h2-3,7,9-13,21-22H,4-6,8,14-17H2,1H3,(H,26,30)/t21-,22-/m1/s1. The van der Waals surface area contributed by atoms with Gasteiger partial charge in [-0.25, -0.2) is 0 Å². The van der Waals surface area contributed by atoms with E-state index in [1.54, 1.807) is 31.4 Å². The highest BCUT2D eigenvalue weighted by atomic mass is 32.2. The molecule has 0 aromatic heterocycles. The number of rotatable bonds is 6. The second kappa shape index (κ2) is 9.38. The second-order valence-electron chi connectivity index (χ2n) is 9.01. The first-order chi connectivity index (χ1) is 16.5. The van der Waals surface area contributed by atoms with E-state index in [4.69, 9.17) is 4.74 Å². The Morgan fingerprint density at radius 2 is 1.82 bits per heavy atom. The molecule has 5 rings (SSSR count). The number of hydrogen-bond donors (Lipinski definition) is 1. The summed E-state index contributed by atoms with van der Waals surface area (Å²) in [6, 6.07) is 14.5. The molecule has 8 nitrogen and oxygen atoms in total. The van der Waals surface area contributed by atoms with Crippen molar-refractivity contribution in [2.45, 2.75) is 42.7 Å². The SMILES string of the molecule is COc1ccc([C@@H](CNC(=O)[C@H]2CCCN2C2=NS(=O)(=O)c3ccccc32)N2CCCC2)cc1. The first-order valence-electron chi connectivity index (χ1n) is 11.8. The van der Waals surface area contributed by atoms with E-state index in [-0.39, 0.29) is 16.8 Å². The molecule has 0 aliphatic carbocycles. The molecule has 2 aromatic carbocycles. The van der Waals surface area contributed by atoms with Crippen molar-refractivity contribution in [1.82, 2.24) is 15.1 Å². The summed E-state index contributed by atoms with van der Waals surface area (Å²) in [6.45, 7) is 3.12. The molecule has 0 saturated carbocycles. The van der Waals surface area contributed by atoms with Gasteiger partial charge in [0.05, 0.1) is 13.2 Å². The highest BCUT2D eigenvalue weighted by molar-refractivity contribution is 7.90. The minimum absolute atomic E-state index is 0.0807. The zero-order valence-electron chi connectivity index (χ0n) is 19.3. The molecule has 3 aliphatic heterocycles. The normalized spacial score (nSPS) is 22.3. The zero-order valence-corrected chi connectivity index (χ0v) is 20.1. The van der Waals surface area contributed by atoms with E-state index in [1.807, 2.05) is 17.0 Å². The predicted octanol–water partition coefficient (Wildman–Crippen LogP) is 2.56. The van der Waals surface area contributed by atoms with Crippen molar-refractivity contribution in [2.24, 2.45) is 4.40 Å². The maximum atomic E-state index is 13.3. The lowest BCUT2D eigenvalue weighted by molar-refractivity contribution is -0.124. The largest absolute Gasteiger partial charge is 0.497 e. The Hall–Kier alpha value is -2.91. The number of nitrogens with zero attached hydrogens (tertiary/aromatic N) is 3. The van der Waals surface area contributed by atoms with Gasteiger partial charge in [0.2, 0.25) is 5.91 Å². The molecule has 3 aliphatic rings. The number of methoxy groups -OCH3 is 1. The van der Waals surface area contributed by atoms with E-state index in [0.717, 1.165) is 43.7 Å². The van der Waals surface area contributed by atoms with Crippen LogP contribution < -0.4 is 10.1 Å². The number of ether oxygens (including phenoxy) is 1. The summed E-state index contributed by atoms with van der Waals surface area (Å²) in [7, 11) is -2.07. The van der Waals surface area contributed by atoms with Crippen LogP contribution in [0.4, 0.5) is 0 Å². The third-order valence-electron chi connectivity index (χ3n) is 6.99. The van der Waals surface area contributed by atoms with Crippen LogP contribution in [-0.2, 0) is 14.8 Å². The molecule has 2 aromatic rings. The number of fused-ring (bicyclic) bond motifs is 1. The van der Waals surface area contributed by atoms with Gasteiger partial charge in [0, 0.05) is 18.7 Å². The van der Waals surface area contributed by atoms with Crippen molar-refractivity contribution in [3.63, 3.8) is 0 Å². The number of sulfonamides is 1. The van der Waals surface area contributed by atoms with Crippen molar-refractivity contribution in [3.05, 3.63) is 59.7 Å². The number of amides is 1. The molecule has 2 fully saturated rings. The molecule has 3 heterocycles. The van der Waals surface area contributed by atoms with Crippen molar-refractivity contribution in [1.29, 1.82) is 0 Å². The molecule has 0 unspecified atom stereocenters. The molecule has 0 spiro atoms. The number of hydrogen-bond acceptors (Lipinski definition) is 6. The van der Waals surface area contributed by atoms with Gasteiger partial charge in [0.1, 0.15) is 16.7 Å². The minimum atomic E-state index is -3.72. The number of carbonyl (C=O) groups is 1. The Balaban J connectivity index is 1.33. The van der Waals surface area contributed by atoms with Crippen LogP contribution in [0.3, 0.4) is 0 Å². The number of amidine groups is 1. The van der Waals surface area contributed by atoms with Crippen molar-refractivity contribution >= 4 is 21.8 Å². The molecule has 2 saturated heterocycles. The fourth-order valence-electron chi connectivity index (χ4n) is 5.24. The van der Waals surface area contributed by atoms with Gasteiger partial charge in [-0.05, 0) is 68.6 Å². The molecule has 180 valence electrons. The Morgan fingerprint density at radius 1 is 1.09 bits per heavy atom. The summed E-state index contributed by atoms with van der Waals surface area (Å²) in [5.41, 5.74) is 1.72. The summed E-state index contributed by atoms with van der Waals surface area (Å²) in [5.74, 6) is 1.11. The summed E-state index contributed by atoms with van der Waals surface area (Å²) >= 11 is 0. The van der Waals surface area contributed by atoms with E-state index in [1.165, 1.54) is 0 Å². The maximum Gasteiger partial charge on any atom is 0.285 e. The first-order valence-corrected chi connectivity index (χ1v) is 13.3. The third kappa shape index (κ3) is 4.30. The lowest BCUT2D eigenvalue weighted by Gasteiger charge is -2.30. The molecule has 1 amide bonds. The summed E-state index contributed by atoms with van der Waals surface area (Å²) in [5, 5.41) is 3.17. The van der Waals surface area contributed by atoms with Crippen LogP contribution in [0.5, 0.6) is 5.75 Å². The number of carbonyl (C=O) groups excluding carboxylic acids is 1. The fourth-order valence-corrected chi connectivity index (χ4v) is 6.46. The van der Waals surface area contributed by atoms with Crippen LogP contribution in [0.15, 0.2) is 57.8 Å². The molecule has 2 atom stereocenters. The molecule has 34 heavy (non-hydrogen) atoms. The van der Waals surface area contributed by atoms with E-state index in [9.17, 15) is 13.2 Å². The van der Waals surface area contributed by atoms with Gasteiger partial charge in [-0.2, -0.15) is 8.42 Å². The lowest BCUT2D eigenvalue weighted by Crippen LogP contribution is -2.48. The summed E-state index contributed by atoms with van der Waals surface area (Å²) < 4.78 is 34.4. The van der Waals surface area contributed by atoms with Crippen LogP contribution >= 0.6 is 0 Å². The van der Waals surface area contributed by atoms with E-state index in [2.05, 4.69) is 26.7 Å². The third-order valence-corrected chi connectivity index (χ3v) is 8.32. The van der Waals surface area contributed by atoms with Crippen molar-refractivity contribution in [2.75, 3.05) is 33.3 Å². The van der Waals surface area contributed by atoms with Crippen LogP contribution in [0.25, 0.3) is 0 Å². The van der Waals surface area contributed by atoms with Gasteiger partial charge in [0.25, 0.3) is 10.0 Å². The lowest BCUT2D eigenvalue weighted by atomic mass is 10.0. The van der Waals surface area contributed by atoms with Crippen LogP contribution in [-0.4, -0.2) is 69.3 Å². The van der Waals surface area contributed by atoms with Crippen LogP contribution in [0.1, 0.15) is 42.9 Å². The summed E-state index contributed by atoms with van der Waals surface area (Å²) in [6.07, 6.45) is 3.80.